The van der Waals surface area contributed by atoms with E-state index in [-0.39, 0.29) is 12.1 Å². The van der Waals surface area contributed by atoms with Gasteiger partial charge in [-0.1, -0.05) is 0 Å². The van der Waals surface area contributed by atoms with Gasteiger partial charge in [-0.25, -0.2) is 4.98 Å². The summed E-state index contributed by atoms with van der Waals surface area (Å²) in [6.45, 7) is 0.733. The molecule has 2 N–H and O–H groups in total. The molecule has 2 rings (SSSR count). The molecule has 0 aromatic carbocycles. The largest absolute Gasteiger partial charge is 0.481 e. The van der Waals surface area contributed by atoms with Crippen LogP contribution in [0.2, 0.25) is 0 Å². The first-order valence-corrected chi connectivity index (χ1v) is 4.68. The minimum Gasteiger partial charge on any atom is -0.481 e. The lowest BCUT2D eigenvalue weighted by atomic mass is 10.0. The van der Waals surface area contributed by atoms with Crippen molar-refractivity contribution in [1.29, 1.82) is 0 Å². The second-order valence-electron chi connectivity index (χ2n) is 3.38. The van der Waals surface area contributed by atoms with Gasteiger partial charge in [0.15, 0.2) is 0 Å². The normalized spacial score (nSPS) is 26.4. The van der Waals surface area contributed by atoms with E-state index >= 15 is 0 Å². The first-order valence-electron chi connectivity index (χ1n) is 4.68. The molecule has 0 aliphatic carbocycles. The van der Waals surface area contributed by atoms with Gasteiger partial charge in [-0.2, -0.15) is 0 Å². The number of pyridine rings is 1. The van der Waals surface area contributed by atoms with E-state index in [0.29, 0.717) is 5.88 Å². The molecule has 0 unspecified atom stereocenters. The van der Waals surface area contributed by atoms with Crippen molar-refractivity contribution in [1.82, 2.24) is 4.98 Å². The van der Waals surface area contributed by atoms with E-state index in [1.165, 1.54) is 0 Å². The molecule has 4 nitrogen and oxygen atoms in total. The summed E-state index contributed by atoms with van der Waals surface area (Å²) in [7, 11) is 1.60. The van der Waals surface area contributed by atoms with Crippen molar-refractivity contribution in [2.45, 2.75) is 18.6 Å². The molecule has 4 heteroatoms. The lowest BCUT2D eigenvalue weighted by Crippen LogP contribution is -2.23. The number of aromatic nitrogens is 1. The number of ether oxygens (including phenoxy) is 2. The van der Waals surface area contributed by atoms with Crippen LogP contribution in [-0.2, 0) is 4.74 Å². The summed E-state index contributed by atoms with van der Waals surface area (Å²) in [5, 5.41) is 0. The molecule has 1 aliphatic rings. The predicted molar refractivity (Wildman–Crippen MR) is 52.1 cm³/mol. The third kappa shape index (κ3) is 1.71. The van der Waals surface area contributed by atoms with Gasteiger partial charge in [0, 0.05) is 24.9 Å². The highest BCUT2D eigenvalue weighted by atomic mass is 16.5. The first-order chi connectivity index (χ1) is 6.81. The van der Waals surface area contributed by atoms with Crippen LogP contribution in [-0.4, -0.2) is 24.7 Å². The van der Waals surface area contributed by atoms with Crippen molar-refractivity contribution >= 4 is 0 Å². The fourth-order valence-corrected chi connectivity index (χ4v) is 1.66. The summed E-state index contributed by atoms with van der Waals surface area (Å²) >= 11 is 0. The average Bonchev–Trinajstić information content (AvgIpc) is 2.65. The van der Waals surface area contributed by atoms with Gasteiger partial charge in [-0.3, -0.25) is 0 Å². The quantitative estimate of drug-likeness (QED) is 0.759. The average molecular weight is 194 g/mol. The van der Waals surface area contributed by atoms with Crippen LogP contribution in [0.15, 0.2) is 18.3 Å². The van der Waals surface area contributed by atoms with E-state index < -0.39 is 0 Å². The molecule has 1 aromatic rings. The first kappa shape index (κ1) is 9.43. The van der Waals surface area contributed by atoms with Gasteiger partial charge in [0.05, 0.1) is 13.2 Å². The molecule has 76 valence electrons. The fraction of sp³-hybridized carbons (Fsp3) is 0.500. The van der Waals surface area contributed by atoms with Gasteiger partial charge in [-0.15, -0.1) is 0 Å². The lowest BCUT2D eigenvalue weighted by Gasteiger charge is -2.14. The molecule has 1 saturated heterocycles. The Balaban J connectivity index is 2.22. The maximum Gasteiger partial charge on any atom is 0.213 e. The lowest BCUT2D eigenvalue weighted by molar-refractivity contribution is 0.105. The van der Waals surface area contributed by atoms with Crippen LogP contribution < -0.4 is 10.5 Å². The maximum atomic E-state index is 5.92. The molecule has 0 saturated carbocycles. The van der Waals surface area contributed by atoms with Crippen molar-refractivity contribution in [3.8, 4) is 5.88 Å². The fourth-order valence-electron chi connectivity index (χ4n) is 1.66. The minimum atomic E-state index is -0.00750. The molecule has 0 radical (unpaired) electrons. The van der Waals surface area contributed by atoms with E-state index in [1.54, 1.807) is 13.3 Å². The molecule has 1 fully saturated rings. The summed E-state index contributed by atoms with van der Waals surface area (Å²) in [5.41, 5.74) is 6.96. The molecule has 14 heavy (non-hydrogen) atoms. The van der Waals surface area contributed by atoms with Gasteiger partial charge < -0.3 is 15.2 Å². The maximum absolute atomic E-state index is 5.92. The highest BCUT2D eigenvalue weighted by molar-refractivity contribution is 5.24. The molecule has 2 atom stereocenters. The zero-order valence-electron chi connectivity index (χ0n) is 8.14. The molecule has 0 spiro atoms. The summed E-state index contributed by atoms with van der Waals surface area (Å²) in [4.78, 5) is 4.04. The van der Waals surface area contributed by atoms with E-state index in [1.807, 2.05) is 12.1 Å². The van der Waals surface area contributed by atoms with Gasteiger partial charge >= 0.3 is 0 Å². The van der Waals surface area contributed by atoms with Gasteiger partial charge in [0.25, 0.3) is 0 Å². The zero-order valence-corrected chi connectivity index (χ0v) is 8.14. The van der Waals surface area contributed by atoms with Gasteiger partial charge in [-0.05, 0) is 18.1 Å². The van der Waals surface area contributed by atoms with E-state index in [4.69, 9.17) is 15.2 Å². The summed E-state index contributed by atoms with van der Waals surface area (Å²) in [6, 6.07) is 3.87. The van der Waals surface area contributed by atoms with Crippen molar-refractivity contribution in [3.63, 3.8) is 0 Å². The Hall–Kier alpha value is -1.13. The number of methoxy groups -OCH3 is 1. The van der Waals surface area contributed by atoms with E-state index in [9.17, 15) is 0 Å². The molecule has 1 aliphatic heterocycles. The molecule has 0 bridgehead atoms. The van der Waals surface area contributed by atoms with Crippen molar-refractivity contribution < 1.29 is 9.47 Å². The monoisotopic (exact) mass is 194 g/mol. The van der Waals surface area contributed by atoms with Crippen molar-refractivity contribution in [3.05, 3.63) is 23.9 Å². The van der Waals surface area contributed by atoms with Crippen molar-refractivity contribution in [2.24, 2.45) is 5.73 Å². The Morgan fingerprint density at radius 2 is 2.50 bits per heavy atom. The van der Waals surface area contributed by atoms with Gasteiger partial charge in [0.1, 0.15) is 0 Å². The smallest absolute Gasteiger partial charge is 0.213 e. The van der Waals surface area contributed by atoms with Crippen molar-refractivity contribution in [2.75, 3.05) is 13.7 Å². The molecule has 0 amide bonds. The topological polar surface area (TPSA) is 57.4 Å². The molecular weight excluding hydrogens is 180 g/mol. The third-order valence-corrected chi connectivity index (χ3v) is 2.43. The Morgan fingerprint density at radius 3 is 3.14 bits per heavy atom. The van der Waals surface area contributed by atoms with E-state index in [2.05, 4.69) is 4.98 Å². The Kier molecular flexibility index (Phi) is 2.65. The minimum absolute atomic E-state index is 0.00750. The summed E-state index contributed by atoms with van der Waals surface area (Å²) in [6.07, 6.45) is 2.62. The SMILES string of the molecule is COc1cc([C@H]2OCC[C@@H]2N)ccn1. The highest BCUT2D eigenvalue weighted by Crippen LogP contribution is 2.28. The number of rotatable bonds is 2. The standard InChI is InChI=1S/C10H14N2O2/c1-13-9-6-7(2-4-12-9)10-8(11)3-5-14-10/h2,4,6,8,10H,3,5,11H2,1H3/t8-,10+/m0/s1. The van der Waals surface area contributed by atoms with Crippen LogP contribution in [0.25, 0.3) is 0 Å². The van der Waals surface area contributed by atoms with E-state index in [0.717, 1.165) is 18.6 Å². The zero-order chi connectivity index (χ0) is 9.97. The molecular formula is C10H14N2O2. The van der Waals surface area contributed by atoms with Crippen LogP contribution >= 0.6 is 0 Å². The second kappa shape index (κ2) is 3.94. The van der Waals surface area contributed by atoms with Crippen LogP contribution in [0, 0.1) is 0 Å². The summed E-state index contributed by atoms with van der Waals surface area (Å²) in [5.74, 6) is 0.602. The number of hydrogen-bond donors (Lipinski definition) is 1. The second-order valence-corrected chi connectivity index (χ2v) is 3.38. The molecule has 2 heterocycles. The number of hydrogen-bond acceptors (Lipinski definition) is 4. The van der Waals surface area contributed by atoms with Crippen LogP contribution in [0.1, 0.15) is 18.1 Å². The van der Waals surface area contributed by atoms with Crippen LogP contribution in [0.5, 0.6) is 5.88 Å². The van der Waals surface area contributed by atoms with Crippen LogP contribution in [0.3, 0.4) is 0 Å². The Labute approximate surface area is 83.0 Å². The number of nitrogens with zero attached hydrogens (tertiary/aromatic N) is 1. The predicted octanol–water partition coefficient (Wildman–Crippen LogP) is 0.879. The summed E-state index contributed by atoms with van der Waals surface area (Å²) < 4.78 is 10.6. The highest BCUT2D eigenvalue weighted by Gasteiger charge is 2.26. The third-order valence-electron chi connectivity index (χ3n) is 2.43. The molecule has 1 aromatic heterocycles. The van der Waals surface area contributed by atoms with Crippen LogP contribution in [0.4, 0.5) is 0 Å². The van der Waals surface area contributed by atoms with Gasteiger partial charge in [0.2, 0.25) is 5.88 Å². The Bertz CT molecular complexity index is 317. The number of nitrogens with two attached hydrogens (primary N) is 1. The Morgan fingerprint density at radius 1 is 1.64 bits per heavy atom.